The number of nitrogens with one attached hydrogen (secondary N) is 1. The highest BCUT2D eigenvalue weighted by Crippen LogP contribution is 2.31. The fourth-order valence-corrected chi connectivity index (χ4v) is 4.58. The van der Waals surface area contributed by atoms with Crippen molar-refractivity contribution in [2.75, 3.05) is 26.7 Å². The first-order valence-corrected chi connectivity index (χ1v) is 9.19. The summed E-state index contributed by atoms with van der Waals surface area (Å²) < 4.78 is 60.0. The largest absolute Gasteiger partial charge is 0.497 e. The van der Waals surface area contributed by atoms with E-state index in [-0.39, 0.29) is 24.7 Å². The van der Waals surface area contributed by atoms with Crippen LogP contribution in [0.3, 0.4) is 0 Å². The second-order valence-corrected chi connectivity index (χ2v) is 7.55. The van der Waals surface area contributed by atoms with Crippen LogP contribution in [0.1, 0.15) is 11.6 Å². The Morgan fingerprint density at radius 2 is 1.96 bits per heavy atom. The molecule has 0 bridgehead atoms. The molecule has 1 atom stereocenters. The summed E-state index contributed by atoms with van der Waals surface area (Å²) >= 11 is 0. The van der Waals surface area contributed by atoms with E-state index in [0.717, 1.165) is 6.07 Å². The van der Waals surface area contributed by atoms with Gasteiger partial charge in [0.1, 0.15) is 22.3 Å². The Labute approximate surface area is 157 Å². The second kappa shape index (κ2) is 8.30. The lowest BCUT2D eigenvalue weighted by Gasteiger charge is -2.35. The van der Waals surface area contributed by atoms with E-state index in [1.807, 2.05) is 0 Å². The molecule has 1 fully saturated rings. The molecule has 3 rings (SSSR count). The number of nitrogens with zero attached hydrogens (tertiary/aromatic N) is 1. The molecule has 1 heterocycles. The molecule has 1 aliphatic rings. The normalized spacial score (nSPS) is 18.2. The average Bonchev–Trinajstić information content (AvgIpc) is 2.61. The maximum Gasteiger partial charge on any atom is 0.246 e. The lowest BCUT2D eigenvalue weighted by Crippen LogP contribution is -2.48. The number of methoxy groups -OCH3 is 1. The van der Waals surface area contributed by atoms with Crippen LogP contribution in [-0.2, 0) is 10.0 Å². The van der Waals surface area contributed by atoms with Crippen molar-refractivity contribution in [2.45, 2.75) is 10.9 Å². The molecule has 0 amide bonds. The highest BCUT2D eigenvalue weighted by molar-refractivity contribution is 7.89. The number of ether oxygens (including phenoxy) is 1. The molecule has 2 aromatic carbocycles. The zero-order chi connectivity index (χ0) is 18.0. The van der Waals surface area contributed by atoms with E-state index in [0.29, 0.717) is 18.7 Å². The zero-order valence-corrected chi connectivity index (χ0v) is 15.6. The predicted octanol–water partition coefficient (Wildman–Crippen LogP) is 2.73. The van der Waals surface area contributed by atoms with Crippen LogP contribution >= 0.6 is 12.4 Å². The molecule has 2 aromatic rings. The molecule has 0 saturated carbocycles. The molecule has 1 aliphatic heterocycles. The van der Waals surface area contributed by atoms with E-state index in [1.165, 1.54) is 41.7 Å². The van der Waals surface area contributed by atoms with Crippen molar-refractivity contribution in [3.63, 3.8) is 0 Å². The van der Waals surface area contributed by atoms with Crippen LogP contribution in [0, 0.1) is 11.6 Å². The quantitative estimate of drug-likeness (QED) is 0.851. The number of sulfonamides is 1. The van der Waals surface area contributed by atoms with Crippen LogP contribution in [-0.4, -0.2) is 39.5 Å². The van der Waals surface area contributed by atoms with Crippen LogP contribution in [0.4, 0.5) is 8.78 Å². The van der Waals surface area contributed by atoms with Gasteiger partial charge in [0, 0.05) is 25.7 Å². The summed E-state index contributed by atoms with van der Waals surface area (Å²) in [7, 11) is -2.71. The Balaban J connectivity index is 0.00000243. The highest BCUT2D eigenvalue weighted by Gasteiger charge is 2.36. The van der Waals surface area contributed by atoms with Gasteiger partial charge >= 0.3 is 0 Å². The maximum atomic E-state index is 14.3. The molecule has 1 saturated heterocycles. The van der Waals surface area contributed by atoms with Crippen molar-refractivity contribution in [1.82, 2.24) is 9.62 Å². The SMILES string of the molecule is COc1ccc(S(=O)(=O)N2CCNCC2c2cccc(F)c2)c(F)c1.Cl. The van der Waals surface area contributed by atoms with Crippen molar-refractivity contribution in [3.8, 4) is 5.75 Å². The molecule has 0 spiro atoms. The zero-order valence-electron chi connectivity index (χ0n) is 14.0. The van der Waals surface area contributed by atoms with Gasteiger partial charge in [-0.2, -0.15) is 4.31 Å². The van der Waals surface area contributed by atoms with Crippen molar-refractivity contribution < 1.29 is 21.9 Å². The van der Waals surface area contributed by atoms with Crippen molar-refractivity contribution in [1.29, 1.82) is 0 Å². The Morgan fingerprint density at radius 1 is 1.19 bits per heavy atom. The fraction of sp³-hybridized carbons (Fsp3) is 0.294. The molecular formula is C17H19ClF2N2O3S. The Kier molecular flexibility index (Phi) is 6.57. The van der Waals surface area contributed by atoms with Crippen LogP contribution in [0.5, 0.6) is 5.75 Å². The molecule has 9 heteroatoms. The Hall–Kier alpha value is -1.74. The minimum Gasteiger partial charge on any atom is -0.497 e. The highest BCUT2D eigenvalue weighted by atomic mass is 35.5. The van der Waals surface area contributed by atoms with Gasteiger partial charge in [-0.15, -0.1) is 12.4 Å². The van der Waals surface area contributed by atoms with Gasteiger partial charge in [-0.1, -0.05) is 12.1 Å². The number of hydrogen-bond acceptors (Lipinski definition) is 4. The van der Waals surface area contributed by atoms with Gasteiger partial charge < -0.3 is 10.1 Å². The van der Waals surface area contributed by atoms with E-state index in [2.05, 4.69) is 5.32 Å². The van der Waals surface area contributed by atoms with E-state index >= 15 is 0 Å². The molecule has 0 aromatic heterocycles. The molecule has 26 heavy (non-hydrogen) atoms. The molecule has 0 radical (unpaired) electrons. The first-order valence-electron chi connectivity index (χ1n) is 7.75. The number of piperazine rings is 1. The fourth-order valence-electron chi connectivity index (χ4n) is 2.92. The lowest BCUT2D eigenvalue weighted by atomic mass is 10.1. The van der Waals surface area contributed by atoms with E-state index in [1.54, 1.807) is 6.07 Å². The first kappa shape index (κ1) is 20.6. The smallest absolute Gasteiger partial charge is 0.246 e. The van der Waals surface area contributed by atoms with Gasteiger partial charge in [0.25, 0.3) is 0 Å². The molecule has 1 N–H and O–H groups in total. The predicted molar refractivity (Wildman–Crippen MR) is 96.1 cm³/mol. The van der Waals surface area contributed by atoms with Gasteiger partial charge in [0.15, 0.2) is 0 Å². The Morgan fingerprint density at radius 3 is 2.62 bits per heavy atom. The Bertz CT molecular complexity index is 880. The molecule has 1 unspecified atom stereocenters. The van der Waals surface area contributed by atoms with Crippen LogP contribution in [0.25, 0.3) is 0 Å². The minimum absolute atomic E-state index is 0. The topological polar surface area (TPSA) is 58.6 Å². The number of halogens is 3. The minimum atomic E-state index is -4.09. The van der Waals surface area contributed by atoms with E-state index in [4.69, 9.17) is 4.74 Å². The van der Waals surface area contributed by atoms with Gasteiger partial charge in [-0.05, 0) is 29.8 Å². The van der Waals surface area contributed by atoms with Gasteiger partial charge in [0.05, 0.1) is 13.2 Å². The van der Waals surface area contributed by atoms with Crippen molar-refractivity contribution in [2.24, 2.45) is 0 Å². The molecular weight excluding hydrogens is 386 g/mol. The lowest BCUT2D eigenvalue weighted by molar-refractivity contribution is 0.270. The third kappa shape index (κ3) is 3.98. The third-order valence-corrected chi connectivity index (χ3v) is 6.09. The maximum absolute atomic E-state index is 14.3. The molecule has 142 valence electrons. The van der Waals surface area contributed by atoms with E-state index in [9.17, 15) is 17.2 Å². The number of hydrogen-bond donors (Lipinski definition) is 1. The summed E-state index contributed by atoms with van der Waals surface area (Å²) in [4.78, 5) is -0.420. The number of benzene rings is 2. The molecule has 5 nitrogen and oxygen atoms in total. The van der Waals surface area contributed by atoms with Gasteiger partial charge in [0.2, 0.25) is 10.0 Å². The first-order chi connectivity index (χ1) is 11.9. The standard InChI is InChI=1S/C17H18F2N2O3S.ClH/c1-24-14-5-6-17(15(19)10-14)25(22,23)21-8-7-20-11-16(21)12-3-2-4-13(18)9-12;/h2-6,9-10,16,20H,7-8,11H2,1H3;1H. The summed E-state index contributed by atoms with van der Waals surface area (Å²) in [5.74, 6) is -1.09. The monoisotopic (exact) mass is 404 g/mol. The summed E-state index contributed by atoms with van der Waals surface area (Å²) in [6, 6.07) is 8.78. The second-order valence-electron chi connectivity index (χ2n) is 5.69. The third-order valence-electron chi connectivity index (χ3n) is 4.15. The van der Waals surface area contributed by atoms with Crippen LogP contribution in [0.15, 0.2) is 47.4 Å². The van der Waals surface area contributed by atoms with Crippen LogP contribution < -0.4 is 10.1 Å². The van der Waals surface area contributed by atoms with Gasteiger partial charge in [-0.25, -0.2) is 17.2 Å². The van der Waals surface area contributed by atoms with Gasteiger partial charge in [-0.3, -0.25) is 0 Å². The van der Waals surface area contributed by atoms with E-state index < -0.39 is 32.6 Å². The summed E-state index contributed by atoms with van der Waals surface area (Å²) in [5, 5.41) is 3.10. The van der Waals surface area contributed by atoms with Crippen molar-refractivity contribution in [3.05, 3.63) is 59.7 Å². The van der Waals surface area contributed by atoms with Crippen LogP contribution in [0.2, 0.25) is 0 Å². The average molecular weight is 405 g/mol. The summed E-state index contributed by atoms with van der Waals surface area (Å²) in [5.41, 5.74) is 0.518. The number of rotatable bonds is 4. The summed E-state index contributed by atoms with van der Waals surface area (Å²) in [6.45, 7) is 0.915. The summed E-state index contributed by atoms with van der Waals surface area (Å²) in [6.07, 6.45) is 0. The molecule has 0 aliphatic carbocycles. The van der Waals surface area contributed by atoms with Crippen molar-refractivity contribution >= 4 is 22.4 Å².